The minimum atomic E-state index is -0.526. The molecule has 2 aromatic rings. The Morgan fingerprint density at radius 1 is 1.25 bits per heavy atom. The van der Waals surface area contributed by atoms with Crippen molar-refractivity contribution in [3.05, 3.63) is 53.2 Å². The maximum atomic E-state index is 13.1. The first-order chi connectivity index (χ1) is 11.4. The summed E-state index contributed by atoms with van der Waals surface area (Å²) in [4.78, 5) is 23.3. The Bertz CT molecular complexity index is 754. The Labute approximate surface area is 140 Å². The van der Waals surface area contributed by atoms with Crippen LogP contribution in [0.25, 0.3) is 0 Å². The molecule has 5 nitrogen and oxygen atoms in total. The van der Waals surface area contributed by atoms with Gasteiger partial charge < -0.3 is 10.2 Å². The van der Waals surface area contributed by atoms with Crippen LogP contribution in [0.3, 0.4) is 0 Å². The van der Waals surface area contributed by atoms with Gasteiger partial charge in [-0.15, -0.1) is 0 Å². The molecule has 1 N–H and O–H groups in total. The molecule has 1 aliphatic carbocycles. The second kappa shape index (κ2) is 6.19. The second-order valence-electron chi connectivity index (χ2n) is 6.45. The third-order valence-corrected chi connectivity index (χ3v) is 4.33. The Morgan fingerprint density at radius 2 is 1.92 bits per heavy atom. The Balaban J connectivity index is 1.71. The number of amides is 1. The Kier molecular flexibility index (Phi) is 4.22. The fourth-order valence-electron chi connectivity index (χ4n) is 2.79. The lowest BCUT2D eigenvalue weighted by molar-refractivity contribution is -0.123. The zero-order valence-corrected chi connectivity index (χ0v) is 14.1. The number of benzene rings is 1. The van der Waals surface area contributed by atoms with Gasteiger partial charge in [-0.25, -0.2) is 14.4 Å². The molecule has 1 amide bonds. The minimum Gasteiger partial charge on any atom is -0.363 e. The third kappa shape index (κ3) is 3.22. The summed E-state index contributed by atoms with van der Waals surface area (Å²) >= 11 is 0. The molecule has 0 spiro atoms. The summed E-state index contributed by atoms with van der Waals surface area (Å²) in [6.07, 6.45) is 1.56. The van der Waals surface area contributed by atoms with Gasteiger partial charge in [-0.2, -0.15) is 0 Å². The lowest BCUT2D eigenvalue weighted by atomic mass is 9.95. The largest absolute Gasteiger partial charge is 0.363 e. The molecule has 1 aromatic carbocycles. The molecular weight excluding hydrogens is 307 g/mol. The monoisotopic (exact) mass is 328 g/mol. The summed E-state index contributed by atoms with van der Waals surface area (Å²) in [6, 6.07) is 8.07. The maximum Gasteiger partial charge on any atom is 0.231 e. The fraction of sp³-hybridized carbons (Fsp3) is 0.389. The SMILES string of the molecule is Cc1cc(N(C)C)nc(CNC(=O)C2(c3ccc(F)cc3)CC2)n1. The van der Waals surface area contributed by atoms with E-state index in [-0.39, 0.29) is 18.3 Å². The van der Waals surface area contributed by atoms with Crippen molar-refractivity contribution < 1.29 is 9.18 Å². The van der Waals surface area contributed by atoms with Crippen molar-refractivity contribution in [1.29, 1.82) is 0 Å². The molecule has 0 radical (unpaired) electrons. The highest BCUT2D eigenvalue weighted by Crippen LogP contribution is 2.48. The molecule has 126 valence electrons. The van der Waals surface area contributed by atoms with Crippen molar-refractivity contribution in [3.63, 3.8) is 0 Å². The third-order valence-electron chi connectivity index (χ3n) is 4.33. The number of nitrogens with zero attached hydrogens (tertiary/aromatic N) is 3. The van der Waals surface area contributed by atoms with Crippen LogP contribution in [0.2, 0.25) is 0 Å². The molecule has 0 atom stereocenters. The number of halogens is 1. The number of aryl methyl sites for hydroxylation is 1. The molecule has 6 heteroatoms. The molecule has 1 aliphatic rings. The molecule has 1 fully saturated rings. The number of hydrogen-bond donors (Lipinski definition) is 1. The first-order valence-electron chi connectivity index (χ1n) is 7.97. The van der Waals surface area contributed by atoms with Gasteiger partial charge in [0.2, 0.25) is 5.91 Å². The van der Waals surface area contributed by atoms with Crippen LogP contribution in [0, 0.1) is 12.7 Å². The van der Waals surface area contributed by atoms with Crippen molar-refractivity contribution >= 4 is 11.7 Å². The Morgan fingerprint density at radius 3 is 2.50 bits per heavy atom. The van der Waals surface area contributed by atoms with Gasteiger partial charge in [0.15, 0.2) is 0 Å². The van der Waals surface area contributed by atoms with Crippen molar-refractivity contribution in [3.8, 4) is 0 Å². The quantitative estimate of drug-likeness (QED) is 0.915. The predicted octanol–water partition coefficient (Wildman–Crippen LogP) is 2.34. The standard InChI is InChI=1S/C18H21FN4O/c1-12-10-16(23(2)3)22-15(21-12)11-20-17(24)18(8-9-18)13-4-6-14(19)7-5-13/h4-7,10H,8-9,11H2,1-3H3,(H,20,24). The van der Waals surface area contributed by atoms with E-state index >= 15 is 0 Å². The van der Waals surface area contributed by atoms with E-state index < -0.39 is 5.41 Å². The van der Waals surface area contributed by atoms with Crippen molar-refractivity contribution in [2.75, 3.05) is 19.0 Å². The Hall–Kier alpha value is -2.50. The van der Waals surface area contributed by atoms with Crippen LogP contribution < -0.4 is 10.2 Å². The average Bonchev–Trinajstić information content (AvgIpc) is 3.34. The molecular formula is C18H21FN4O. The molecule has 0 saturated heterocycles. The normalized spacial score (nSPS) is 15.0. The van der Waals surface area contributed by atoms with Gasteiger partial charge in [0.05, 0.1) is 12.0 Å². The molecule has 24 heavy (non-hydrogen) atoms. The van der Waals surface area contributed by atoms with Crippen molar-refractivity contribution in [1.82, 2.24) is 15.3 Å². The molecule has 1 heterocycles. The zero-order chi connectivity index (χ0) is 17.3. The molecule has 0 aliphatic heterocycles. The van der Waals surface area contributed by atoms with Crippen LogP contribution in [0.4, 0.5) is 10.2 Å². The summed E-state index contributed by atoms with van der Waals surface area (Å²) in [6.45, 7) is 2.19. The molecule has 1 aromatic heterocycles. The number of aromatic nitrogens is 2. The summed E-state index contributed by atoms with van der Waals surface area (Å²) < 4.78 is 13.1. The van der Waals surface area contributed by atoms with Crippen molar-refractivity contribution in [2.24, 2.45) is 0 Å². The highest BCUT2D eigenvalue weighted by Gasteiger charge is 2.51. The highest BCUT2D eigenvalue weighted by molar-refractivity contribution is 5.91. The zero-order valence-electron chi connectivity index (χ0n) is 14.1. The smallest absolute Gasteiger partial charge is 0.231 e. The first-order valence-corrected chi connectivity index (χ1v) is 7.97. The summed E-state index contributed by atoms with van der Waals surface area (Å²) in [5.74, 6) is 1.05. The maximum absolute atomic E-state index is 13.1. The number of carbonyl (C=O) groups is 1. The number of anilines is 1. The van der Waals surface area contributed by atoms with Crippen LogP contribution >= 0.6 is 0 Å². The highest BCUT2D eigenvalue weighted by atomic mass is 19.1. The summed E-state index contributed by atoms with van der Waals surface area (Å²) in [7, 11) is 3.83. The van der Waals surface area contributed by atoms with Crippen LogP contribution in [-0.4, -0.2) is 30.0 Å². The minimum absolute atomic E-state index is 0.0504. The van der Waals surface area contributed by atoms with Crippen molar-refractivity contribution in [2.45, 2.75) is 31.7 Å². The number of rotatable bonds is 5. The van der Waals surface area contributed by atoms with Gasteiger partial charge >= 0.3 is 0 Å². The van der Waals surface area contributed by atoms with Gasteiger partial charge in [0.25, 0.3) is 0 Å². The second-order valence-corrected chi connectivity index (χ2v) is 6.45. The lowest BCUT2D eigenvalue weighted by Crippen LogP contribution is -2.35. The van der Waals surface area contributed by atoms with E-state index in [0.717, 1.165) is 29.9 Å². The van der Waals surface area contributed by atoms with Gasteiger partial charge in [0, 0.05) is 25.9 Å². The topological polar surface area (TPSA) is 58.1 Å². The summed E-state index contributed by atoms with van der Waals surface area (Å²) in [5.41, 5.74) is 1.19. The summed E-state index contributed by atoms with van der Waals surface area (Å²) in [5, 5.41) is 2.93. The van der Waals surface area contributed by atoms with E-state index in [4.69, 9.17) is 0 Å². The number of carbonyl (C=O) groups excluding carboxylic acids is 1. The van der Waals surface area contributed by atoms with E-state index in [1.165, 1.54) is 12.1 Å². The van der Waals surface area contributed by atoms with Gasteiger partial charge in [-0.1, -0.05) is 12.1 Å². The number of hydrogen-bond acceptors (Lipinski definition) is 4. The number of nitrogens with one attached hydrogen (secondary N) is 1. The van der Waals surface area contributed by atoms with Crippen LogP contribution in [0.5, 0.6) is 0 Å². The molecule has 0 bridgehead atoms. The molecule has 1 saturated carbocycles. The van der Waals surface area contributed by atoms with E-state index in [1.54, 1.807) is 12.1 Å². The van der Waals surface area contributed by atoms with Crippen LogP contribution in [-0.2, 0) is 16.8 Å². The first kappa shape index (κ1) is 16.4. The van der Waals surface area contributed by atoms with E-state index in [9.17, 15) is 9.18 Å². The van der Waals surface area contributed by atoms with Crippen LogP contribution in [0.1, 0.15) is 29.9 Å². The lowest BCUT2D eigenvalue weighted by Gasteiger charge is -2.17. The van der Waals surface area contributed by atoms with E-state index in [1.807, 2.05) is 32.0 Å². The van der Waals surface area contributed by atoms with E-state index in [2.05, 4.69) is 15.3 Å². The van der Waals surface area contributed by atoms with E-state index in [0.29, 0.717) is 5.82 Å². The van der Waals surface area contributed by atoms with Gasteiger partial charge in [-0.05, 0) is 37.5 Å². The average molecular weight is 328 g/mol. The fourth-order valence-corrected chi connectivity index (χ4v) is 2.79. The predicted molar refractivity (Wildman–Crippen MR) is 90.3 cm³/mol. The van der Waals surface area contributed by atoms with Gasteiger partial charge in [-0.3, -0.25) is 4.79 Å². The molecule has 0 unspecified atom stereocenters. The molecule has 3 rings (SSSR count). The van der Waals surface area contributed by atoms with Crippen LogP contribution in [0.15, 0.2) is 30.3 Å². The van der Waals surface area contributed by atoms with Gasteiger partial charge in [0.1, 0.15) is 17.5 Å².